The maximum atomic E-state index is 12.5. The topological polar surface area (TPSA) is 58.1 Å². The molecular formula is C18H24N4O. The lowest BCUT2D eigenvalue weighted by atomic mass is 9.96. The van der Waals surface area contributed by atoms with Crippen LogP contribution in [0.2, 0.25) is 0 Å². The monoisotopic (exact) mass is 312 g/mol. The molecule has 2 rings (SSSR count). The number of benzene rings is 1. The number of anilines is 1. The van der Waals surface area contributed by atoms with Gasteiger partial charge in [0.25, 0.3) is 0 Å². The second kappa shape index (κ2) is 7.72. The summed E-state index contributed by atoms with van der Waals surface area (Å²) in [6.07, 6.45) is 0.765. The Labute approximate surface area is 137 Å². The molecule has 5 heteroatoms. The minimum absolute atomic E-state index is 0.0290. The summed E-state index contributed by atoms with van der Waals surface area (Å²) in [5.41, 5.74) is 2.75. The third kappa shape index (κ3) is 4.52. The number of rotatable bonds is 6. The van der Waals surface area contributed by atoms with Crippen molar-refractivity contribution in [3.63, 3.8) is 0 Å². The van der Waals surface area contributed by atoms with Crippen LogP contribution in [-0.2, 0) is 11.3 Å². The predicted octanol–water partition coefficient (Wildman–Crippen LogP) is 2.66. The Hall–Kier alpha value is -2.43. The van der Waals surface area contributed by atoms with E-state index < -0.39 is 0 Å². The SMILES string of the molecule is CC[C@H](C(=O)NCc1cc(C)nc(N(C)C)n1)c1ccccc1. The average Bonchev–Trinajstić information content (AvgIpc) is 2.54. The molecule has 1 amide bonds. The van der Waals surface area contributed by atoms with Crippen molar-refractivity contribution >= 4 is 11.9 Å². The Kier molecular flexibility index (Phi) is 5.68. The van der Waals surface area contributed by atoms with Gasteiger partial charge in [-0.1, -0.05) is 37.3 Å². The van der Waals surface area contributed by atoms with Crippen LogP contribution in [-0.4, -0.2) is 30.0 Å². The highest BCUT2D eigenvalue weighted by Crippen LogP contribution is 2.19. The molecule has 0 saturated carbocycles. The number of nitrogens with one attached hydrogen (secondary N) is 1. The minimum Gasteiger partial charge on any atom is -0.350 e. The fraction of sp³-hybridized carbons (Fsp3) is 0.389. The van der Waals surface area contributed by atoms with Gasteiger partial charge in [0.05, 0.1) is 18.2 Å². The number of hydrogen-bond donors (Lipinski definition) is 1. The molecule has 0 spiro atoms. The number of carbonyl (C=O) groups is 1. The molecule has 1 aromatic carbocycles. The number of aryl methyl sites for hydroxylation is 1. The van der Waals surface area contributed by atoms with Gasteiger partial charge in [0, 0.05) is 19.8 Å². The smallest absolute Gasteiger partial charge is 0.227 e. The van der Waals surface area contributed by atoms with Gasteiger partial charge in [-0.2, -0.15) is 0 Å². The van der Waals surface area contributed by atoms with E-state index in [1.165, 1.54) is 0 Å². The summed E-state index contributed by atoms with van der Waals surface area (Å²) < 4.78 is 0. The highest BCUT2D eigenvalue weighted by Gasteiger charge is 2.18. The van der Waals surface area contributed by atoms with E-state index in [9.17, 15) is 4.79 Å². The lowest BCUT2D eigenvalue weighted by Crippen LogP contribution is -2.29. The van der Waals surface area contributed by atoms with Gasteiger partial charge in [0.2, 0.25) is 11.9 Å². The van der Waals surface area contributed by atoms with Gasteiger partial charge in [0.15, 0.2) is 0 Å². The van der Waals surface area contributed by atoms with Gasteiger partial charge >= 0.3 is 0 Å². The Balaban J connectivity index is 2.06. The summed E-state index contributed by atoms with van der Waals surface area (Å²) in [4.78, 5) is 23.2. The lowest BCUT2D eigenvalue weighted by Gasteiger charge is -2.16. The first-order chi connectivity index (χ1) is 11.0. The first-order valence-corrected chi connectivity index (χ1v) is 7.85. The molecule has 0 aliphatic heterocycles. The molecule has 5 nitrogen and oxygen atoms in total. The zero-order chi connectivity index (χ0) is 16.8. The van der Waals surface area contributed by atoms with Crippen molar-refractivity contribution in [1.82, 2.24) is 15.3 Å². The second-order valence-electron chi connectivity index (χ2n) is 5.78. The van der Waals surface area contributed by atoms with Crippen LogP contribution in [0.3, 0.4) is 0 Å². The van der Waals surface area contributed by atoms with Crippen LogP contribution in [0.1, 0.15) is 36.2 Å². The van der Waals surface area contributed by atoms with Crippen molar-refractivity contribution in [2.24, 2.45) is 0 Å². The maximum absolute atomic E-state index is 12.5. The van der Waals surface area contributed by atoms with Gasteiger partial charge < -0.3 is 10.2 Å². The van der Waals surface area contributed by atoms with Crippen molar-refractivity contribution in [1.29, 1.82) is 0 Å². The van der Waals surface area contributed by atoms with E-state index >= 15 is 0 Å². The Morgan fingerprint density at radius 3 is 2.52 bits per heavy atom. The van der Waals surface area contributed by atoms with E-state index in [1.807, 2.05) is 69.2 Å². The highest BCUT2D eigenvalue weighted by atomic mass is 16.1. The zero-order valence-corrected chi connectivity index (χ0v) is 14.2. The van der Waals surface area contributed by atoms with E-state index in [0.717, 1.165) is 23.4 Å². The van der Waals surface area contributed by atoms with Crippen LogP contribution >= 0.6 is 0 Å². The number of nitrogens with zero attached hydrogens (tertiary/aromatic N) is 3. The number of hydrogen-bond acceptors (Lipinski definition) is 4. The van der Waals surface area contributed by atoms with Gasteiger partial charge in [-0.05, 0) is 25.0 Å². The van der Waals surface area contributed by atoms with Gasteiger partial charge in [0.1, 0.15) is 0 Å². The third-order valence-electron chi connectivity index (χ3n) is 3.67. The van der Waals surface area contributed by atoms with Gasteiger partial charge in [-0.25, -0.2) is 9.97 Å². The van der Waals surface area contributed by atoms with Crippen LogP contribution in [0.5, 0.6) is 0 Å². The van der Waals surface area contributed by atoms with Crippen LogP contribution in [0.15, 0.2) is 36.4 Å². The van der Waals surface area contributed by atoms with Crippen molar-refractivity contribution in [3.8, 4) is 0 Å². The molecule has 1 aromatic heterocycles. The lowest BCUT2D eigenvalue weighted by molar-refractivity contribution is -0.122. The molecule has 122 valence electrons. The fourth-order valence-electron chi connectivity index (χ4n) is 2.47. The standard InChI is InChI=1S/C18H24N4O/c1-5-16(14-9-7-6-8-10-14)17(23)19-12-15-11-13(2)20-18(21-15)22(3)4/h6-11,16H,5,12H2,1-4H3,(H,19,23)/t16-/m0/s1. The molecule has 0 aliphatic rings. The van der Waals surface area contributed by atoms with E-state index in [1.54, 1.807) is 0 Å². The first kappa shape index (κ1) is 16.9. The Morgan fingerprint density at radius 1 is 1.22 bits per heavy atom. The molecule has 0 radical (unpaired) electrons. The minimum atomic E-state index is -0.132. The predicted molar refractivity (Wildman–Crippen MR) is 92.4 cm³/mol. The molecule has 0 saturated heterocycles. The van der Waals surface area contributed by atoms with Gasteiger partial charge in [-0.15, -0.1) is 0 Å². The molecule has 1 N–H and O–H groups in total. The first-order valence-electron chi connectivity index (χ1n) is 7.85. The quantitative estimate of drug-likeness (QED) is 0.891. The summed E-state index contributed by atoms with van der Waals surface area (Å²) >= 11 is 0. The zero-order valence-electron chi connectivity index (χ0n) is 14.2. The van der Waals surface area contributed by atoms with Crippen LogP contribution in [0, 0.1) is 6.92 Å². The summed E-state index contributed by atoms with van der Waals surface area (Å²) in [6.45, 7) is 4.36. The largest absolute Gasteiger partial charge is 0.350 e. The molecule has 0 bridgehead atoms. The molecular weight excluding hydrogens is 288 g/mol. The molecule has 1 heterocycles. The van der Waals surface area contributed by atoms with E-state index in [2.05, 4.69) is 15.3 Å². The van der Waals surface area contributed by atoms with Crippen molar-refractivity contribution in [3.05, 3.63) is 53.3 Å². The second-order valence-corrected chi connectivity index (χ2v) is 5.78. The van der Waals surface area contributed by atoms with Crippen LogP contribution in [0.25, 0.3) is 0 Å². The molecule has 0 fully saturated rings. The van der Waals surface area contributed by atoms with E-state index in [-0.39, 0.29) is 11.8 Å². The van der Waals surface area contributed by atoms with Crippen molar-refractivity contribution in [2.75, 3.05) is 19.0 Å². The molecule has 0 aliphatic carbocycles. The van der Waals surface area contributed by atoms with Crippen LogP contribution < -0.4 is 10.2 Å². The average molecular weight is 312 g/mol. The normalized spacial score (nSPS) is 11.8. The van der Waals surface area contributed by atoms with Crippen LogP contribution in [0.4, 0.5) is 5.95 Å². The number of amides is 1. The maximum Gasteiger partial charge on any atom is 0.227 e. The summed E-state index contributed by atoms with van der Waals surface area (Å²) in [5, 5.41) is 2.99. The van der Waals surface area contributed by atoms with Gasteiger partial charge in [-0.3, -0.25) is 4.79 Å². The van der Waals surface area contributed by atoms with E-state index in [0.29, 0.717) is 12.5 Å². The summed E-state index contributed by atoms with van der Waals surface area (Å²) in [7, 11) is 3.80. The fourth-order valence-corrected chi connectivity index (χ4v) is 2.47. The molecule has 1 atom stereocenters. The third-order valence-corrected chi connectivity index (χ3v) is 3.67. The molecule has 23 heavy (non-hydrogen) atoms. The Morgan fingerprint density at radius 2 is 1.91 bits per heavy atom. The molecule has 0 unspecified atom stereocenters. The summed E-state index contributed by atoms with van der Waals surface area (Å²) in [6, 6.07) is 11.8. The number of carbonyl (C=O) groups excluding carboxylic acids is 1. The highest BCUT2D eigenvalue weighted by molar-refractivity contribution is 5.83. The van der Waals surface area contributed by atoms with Crippen molar-refractivity contribution < 1.29 is 4.79 Å². The number of aromatic nitrogens is 2. The summed E-state index contributed by atoms with van der Waals surface area (Å²) in [5.74, 6) is 0.554. The Bertz CT molecular complexity index is 655. The van der Waals surface area contributed by atoms with Crippen molar-refractivity contribution in [2.45, 2.75) is 32.7 Å². The van der Waals surface area contributed by atoms with E-state index in [4.69, 9.17) is 0 Å². The molecule has 2 aromatic rings.